The number of Topliss-reactive ketones (excluding diaryl/α,β-unsaturated/α-hetero) is 1. The van der Waals surface area contributed by atoms with Gasteiger partial charge in [0.1, 0.15) is 0 Å². The minimum absolute atomic E-state index is 0.0148. The predicted molar refractivity (Wildman–Crippen MR) is 119 cm³/mol. The highest BCUT2D eigenvalue weighted by Crippen LogP contribution is 2.28. The van der Waals surface area contributed by atoms with E-state index in [9.17, 15) is 35.9 Å². The number of unbranched alkanes of at least 4 members (excludes halogenated alkanes) is 1. The minimum atomic E-state index is -4.84. The largest absolute Gasteiger partial charge is 0.478 e. The fourth-order valence-electron chi connectivity index (χ4n) is 3.02. The van der Waals surface area contributed by atoms with Gasteiger partial charge in [0.2, 0.25) is 11.7 Å². The van der Waals surface area contributed by atoms with Gasteiger partial charge >= 0.3 is 12.4 Å². The predicted octanol–water partition coefficient (Wildman–Crippen LogP) is 5.18. The van der Waals surface area contributed by atoms with Crippen LogP contribution in [0.5, 0.6) is 5.88 Å². The van der Waals surface area contributed by atoms with E-state index in [-0.39, 0.29) is 43.0 Å². The summed E-state index contributed by atoms with van der Waals surface area (Å²) < 4.78 is 84.0. The van der Waals surface area contributed by atoms with Crippen molar-refractivity contribution in [2.45, 2.75) is 45.0 Å². The van der Waals surface area contributed by atoms with E-state index in [1.807, 2.05) is 0 Å². The van der Waals surface area contributed by atoms with Crippen LogP contribution < -0.4 is 10.1 Å². The van der Waals surface area contributed by atoms with Crippen molar-refractivity contribution in [2.75, 3.05) is 11.9 Å². The normalized spacial score (nSPS) is 11.9. The number of carbonyl (C=O) groups excluding carboxylic acids is 2. The van der Waals surface area contributed by atoms with Gasteiger partial charge < -0.3 is 10.1 Å². The first-order chi connectivity index (χ1) is 17.3. The van der Waals surface area contributed by atoms with Gasteiger partial charge in [0.05, 0.1) is 41.6 Å². The maximum Gasteiger partial charge on any atom is 0.449 e. The fraction of sp³-hybridized carbons (Fsp3) is 0.364. The van der Waals surface area contributed by atoms with Gasteiger partial charge in [-0.3, -0.25) is 14.6 Å². The zero-order chi connectivity index (χ0) is 27.2. The number of aromatic nitrogens is 4. The Bertz CT molecular complexity index is 1230. The Morgan fingerprint density at radius 1 is 1.00 bits per heavy atom. The monoisotopic (exact) mass is 547 g/mol. The average molecular weight is 547 g/mol. The van der Waals surface area contributed by atoms with Crippen molar-refractivity contribution >= 4 is 28.9 Å². The van der Waals surface area contributed by atoms with Gasteiger partial charge in [-0.2, -0.15) is 30.7 Å². The molecule has 0 aliphatic carbocycles. The Hall–Kier alpha value is -3.62. The second-order valence-electron chi connectivity index (χ2n) is 7.70. The van der Waals surface area contributed by atoms with E-state index in [1.165, 1.54) is 18.3 Å². The summed E-state index contributed by atoms with van der Waals surface area (Å²) in [5, 5.41) is 2.65. The molecule has 8 nitrogen and oxygen atoms in total. The van der Waals surface area contributed by atoms with Crippen molar-refractivity contribution in [3.8, 4) is 5.88 Å². The Kier molecular flexibility index (Phi) is 8.78. The highest BCUT2D eigenvalue weighted by molar-refractivity contribution is 7.06. The molecule has 0 saturated carbocycles. The third-order valence-corrected chi connectivity index (χ3v) is 5.79. The minimum Gasteiger partial charge on any atom is -0.478 e. The summed E-state index contributed by atoms with van der Waals surface area (Å²) in [6.45, 7) is 1.67. The van der Waals surface area contributed by atoms with Crippen LogP contribution in [0.2, 0.25) is 0 Å². The molecule has 15 heteroatoms. The first-order valence-electron chi connectivity index (χ1n) is 10.7. The number of aryl methyl sites for hydroxylation is 1. The van der Waals surface area contributed by atoms with Crippen molar-refractivity contribution in [3.05, 3.63) is 58.2 Å². The SMILES string of the molecule is Cc1nsc(Cc2cnc(C(F)(F)F)cn2)c1C(=O)Nc1ccc(OCCCCC(=O)C(F)(F)F)nc1. The topological polar surface area (TPSA) is 107 Å². The summed E-state index contributed by atoms with van der Waals surface area (Å²) in [6.07, 6.45) is -6.83. The van der Waals surface area contributed by atoms with Crippen LogP contribution in [0.1, 0.15) is 51.6 Å². The molecule has 198 valence electrons. The lowest BCUT2D eigenvalue weighted by molar-refractivity contribution is -0.171. The average Bonchev–Trinajstić information content (AvgIpc) is 3.18. The van der Waals surface area contributed by atoms with Crippen LogP contribution in [-0.2, 0) is 17.4 Å². The third-order valence-electron chi connectivity index (χ3n) is 4.86. The molecule has 3 aromatic heterocycles. The van der Waals surface area contributed by atoms with E-state index in [0.717, 1.165) is 17.7 Å². The quantitative estimate of drug-likeness (QED) is 0.275. The standard InChI is InChI=1S/C22H19F6N5O3S/c1-12-19(15(37-33-12)8-14-10-30-16(11-29-14)21(23,24)25)20(35)32-13-5-6-18(31-9-13)36-7-3-2-4-17(34)22(26,27)28/h5-6,9-11H,2-4,7-8H2,1H3,(H,32,35). The molecule has 0 aliphatic rings. The number of ketones is 1. The Morgan fingerprint density at radius 2 is 1.76 bits per heavy atom. The summed E-state index contributed by atoms with van der Waals surface area (Å²) in [5.41, 5.74) is 0.108. The highest BCUT2D eigenvalue weighted by atomic mass is 32.1. The van der Waals surface area contributed by atoms with Crippen LogP contribution >= 0.6 is 11.5 Å². The molecule has 3 aromatic rings. The number of amides is 1. The lowest BCUT2D eigenvalue weighted by Crippen LogP contribution is -2.22. The number of hydrogen-bond acceptors (Lipinski definition) is 8. The number of rotatable bonds is 10. The van der Waals surface area contributed by atoms with Crippen molar-refractivity contribution in [2.24, 2.45) is 0 Å². The number of ether oxygens (including phenoxy) is 1. The molecule has 3 rings (SSSR count). The number of carbonyl (C=O) groups is 2. The maximum absolute atomic E-state index is 12.9. The molecule has 3 heterocycles. The van der Waals surface area contributed by atoms with E-state index in [2.05, 4.69) is 24.6 Å². The number of alkyl halides is 6. The number of halogens is 6. The molecule has 1 amide bonds. The van der Waals surface area contributed by atoms with Crippen molar-refractivity contribution < 1.29 is 40.7 Å². The summed E-state index contributed by atoms with van der Waals surface area (Å²) in [5.74, 6) is -2.11. The summed E-state index contributed by atoms with van der Waals surface area (Å²) in [7, 11) is 0. The molecule has 0 bridgehead atoms. The van der Waals surface area contributed by atoms with Gasteiger partial charge in [0.15, 0.2) is 5.69 Å². The van der Waals surface area contributed by atoms with Crippen LogP contribution in [0.3, 0.4) is 0 Å². The Balaban J connectivity index is 1.54. The van der Waals surface area contributed by atoms with Gasteiger partial charge in [-0.05, 0) is 37.4 Å². The molecule has 1 N–H and O–H groups in total. The van der Waals surface area contributed by atoms with Gasteiger partial charge in [-0.15, -0.1) is 0 Å². The van der Waals surface area contributed by atoms with E-state index in [0.29, 0.717) is 22.5 Å². The molecule has 0 aliphatic heterocycles. The van der Waals surface area contributed by atoms with Crippen LogP contribution in [0.25, 0.3) is 0 Å². The molecule has 0 saturated heterocycles. The van der Waals surface area contributed by atoms with Crippen molar-refractivity contribution in [3.63, 3.8) is 0 Å². The third kappa shape index (κ3) is 7.93. The smallest absolute Gasteiger partial charge is 0.449 e. The van der Waals surface area contributed by atoms with E-state index >= 15 is 0 Å². The van der Waals surface area contributed by atoms with E-state index in [1.54, 1.807) is 6.92 Å². The number of anilines is 1. The zero-order valence-electron chi connectivity index (χ0n) is 19.1. The van der Waals surface area contributed by atoms with Crippen LogP contribution in [0.4, 0.5) is 32.0 Å². The lowest BCUT2D eigenvalue weighted by atomic mass is 10.1. The van der Waals surface area contributed by atoms with Crippen molar-refractivity contribution in [1.82, 2.24) is 19.3 Å². The second kappa shape index (κ2) is 11.6. The van der Waals surface area contributed by atoms with Gasteiger partial charge in [0.25, 0.3) is 5.91 Å². The van der Waals surface area contributed by atoms with E-state index in [4.69, 9.17) is 4.74 Å². The van der Waals surface area contributed by atoms with Crippen LogP contribution in [0, 0.1) is 6.92 Å². The van der Waals surface area contributed by atoms with E-state index < -0.39 is 36.2 Å². The lowest BCUT2D eigenvalue weighted by Gasteiger charge is -2.09. The first-order valence-corrected chi connectivity index (χ1v) is 11.5. The van der Waals surface area contributed by atoms with Gasteiger partial charge in [-0.1, -0.05) is 0 Å². The summed E-state index contributed by atoms with van der Waals surface area (Å²) in [4.78, 5) is 35.3. The van der Waals surface area contributed by atoms with Gasteiger partial charge in [0, 0.05) is 30.0 Å². The fourth-order valence-corrected chi connectivity index (χ4v) is 3.91. The van der Waals surface area contributed by atoms with Gasteiger partial charge in [-0.25, -0.2) is 9.97 Å². The Labute approximate surface area is 210 Å². The molecule has 0 aromatic carbocycles. The highest BCUT2D eigenvalue weighted by Gasteiger charge is 2.37. The molecule has 0 unspecified atom stereocenters. The van der Waals surface area contributed by atoms with Crippen LogP contribution in [-0.4, -0.2) is 43.8 Å². The first kappa shape index (κ1) is 28.0. The number of nitrogens with zero attached hydrogens (tertiary/aromatic N) is 4. The zero-order valence-corrected chi connectivity index (χ0v) is 19.9. The summed E-state index contributed by atoms with van der Waals surface area (Å²) in [6, 6.07) is 2.96. The second-order valence-corrected chi connectivity index (χ2v) is 8.56. The summed E-state index contributed by atoms with van der Waals surface area (Å²) >= 11 is 1.02. The molecule has 0 fully saturated rings. The molecular weight excluding hydrogens is 528 g/mol. The maximum atomic E-state index is 12.9. The molecular formula is C22H19F6N5O3S. The van der Waals surface area contributed by atoms with Crippen LogP contribution in [0.15, 0.2) is 30.7 Å². The number of pyridine rings is 1. The number of hydrogen-bond donors (Lipinski definition) is 1. The Morgan fingerprint density at radius 3 is 2.35 bits per heavy atom. The van der Waals surface area contributed by atoms with Crippen molar-refractivity contribution in [1.29, 1.82) is 0 Å². The molecule has 37 heavy (non-hydrogen) atoms. The molecule has 0 spiro atoms. The number of nitrogens with one attached hydrogen (secondary N) is 1. The molecule has 0 radical (unpaired) electrons. The molecule has 0 atom stereocenters.